The second-order valence-electron chi connectivity index (χ2n) is 4.97. The van der Waals surface area contributed by atoms with Crippen molar-refractivity contribution in [3.05, 3.63) is 23.8 Å². The van der Waals surface area contributed by atoms with E-state index < -0.39 is 0 Å². The molecule has 0 aliphatic carbocycles. The van der Waals surface area contributed by atoms with E-state index in [0.717, 1.165) is 31.7 Å². The van der Waals surface area contributed by atoms with Crippen molar-refractivity contribution in [2.75, 3.05) is 37.4 Å². The van der Waals surface area contributed by atoms with Crippen molar-refractivity contribution in [1.82, 2.24) is 0 Å². The number of hydrogen-bond acceptors (Lipinski definition) is 5. The largest absolute Gasteiger partial charge is 0.462 e. The van der Waals surface area contributed by atoms with Gasteiger partial charge in [0, 0.05) is 20.2 Å². The van der Waals surface area contributed by atoms with Gasteiger partial charge >= 0.3 is 5.97 Å². The number of para-hydroxylation sites is 1. The van der Waals surface area contributed by atoms with Gasteiger partial charge in [0.15, 0.2) is 0 Å². The Labute approximate surface area is 119 Å². The maximum absolute atomic E-state index is 11.8. The molecule has 0 spiro atoms. The monoisotopic (exact) mass is 278 g/mol. The first-order valence-electron chi connectivity index (χ1n) is 7.01. The number of ether oxygens (including phenoxy) is 2. The van der Waals surface area contributed by atoms with Crippen molar-refractivity contribution in [2.24, 2.45) is 0 Å². The van der Waals surface area contributed by atoms with E-state index in [-0.39, 0.29) is 12.1 Å². The van der Waals surface area contributed by atoms with E-state index in [1.54, 1.807) is 13.0 Å². The number of nitrogen functional groups attached to an aromatic ring is 1. The highest BCUT2D eigenvalue weighted by Crippen LogP contribution is 2.27. The molecule has 1 aromatic carbocycles. The number of carbonyl (C=O) groups excluding carboxylic acids is 1. The van der Waals surface area contributed by atoms with Crippen LogP contribution in [-0.4, -0.2) is 38.9 Å². The average Bonchev–Trinajstić information content (AvgIpc) is 2.92. The predicted molar refractivity (Wildman–Crippen MR) is 79.1 cm³/mol. The zero-order valence-electron chi connectivity index (χ0n) is 12.1. The first-order valence-corrected chi connectivity index (χ1v) is 7.01. The van der Waals surface area contributed by atoms with Gasteiger partial charge in [-0.25, -0.2) is 4.79 Å². The second-order valence-corrected chi connectivity index (χ2v) is 4.97. The van der Waals surface area contributed by atoms with E-state index in [0.29, 0.717) is 17.9 Å². The summed E-state index contributed by atoms with van der Waals surface area (Å²) in [7, 11) is 1.96. The van der Waals surface area contributed by atoms with E-state index in [2.05, 4.69) is 0 Å². The molecule has 2 N–H and O–H groups in total. The summed E-state index contributed by atoms with van der Waals surface area (Å²) < 4.78 is 10.6. The Kier molecular flexibility index (Phi) is 4.84. The summed E-state index contributed by atoms with van der Waals surface area (Å²) in [5.41, 5.74) is 7.83. The van der Waals surface area contributed by atoms with Crippen LogP contribution in [0.5, 0.6) is 0 Å². The fourth-order valence-electron chi connectivity index (χ4n) is 2.46. The van der Waals surface area contributed by atoms with Crippen LogP contribution < -0.4 is 10.6 Å². The number of nitrogens with two attached hydrogens (primary N) is 1. The molecule has 1 aromatic rings. The molecule has 0 aromatic heterocycles. The van der Waals surface area contributed by atoms with E-state index in [9.17, 15) is 4.79 Å². The molecule has 1 aliphatic heterocycles. The number of rotatable bonds is 5. The van der Waals surface area contributed by atoms with Gasteiger partial charge < -0.3 is 20.1 Å². The van der Waals surface area contributed by atoms with Gasteiger partial charge in [-0.3, -0.25) is 0 Å². The van der Waals surface area contributed by atoms with Crippen LogP contribution in [-0.2, 0) is 9.47 Å². The number of anilines is 2. The molecule has 1 fully saturated rings. The Morgan fingerprint density at radius 1 is 1.55 bits per heavy atom. The molecule has 110 valence electrons. The second kappa shape index (κ2) is 6.61. The molecule has 0 saturated carbocycles. The third-order valence-corrected chi connectivity index (χ3v) is 3.49. The van der Waals surface area contributed by atoms with Gasteiger partial charge in [0.1, 0.15) is 0 Å². The van der Waals surface area contributed by atoms with Crippen molar-refractivity contribution in [1.29, 1.82) is 0 Å². The SMILES string of the molecule is CCOC(=O)c1cccc(N(C)CC2CCCO2)c1N. The first kappa shape index (κ1) is 14.7. The van der Waals surface area contributed by atoms with E-state index in [4.69, 9.17) is 15.2 Å². The summed E-state index contributed by atoms with van der Waals surface area (Å²) in [6.07, 6.45) is 2.42. The molecular weight excluding hydrogens is 256 g/mol. The summed E-state index contributed by atoms with van der Waals surface area (Å²) in [6.45, 7) is 3.73. The van der Waals surface area contributed by atoms with Crippen molar-refractivity contribution in [3.63, 3.8) is 0 Å². The molecule has 1 unspecified atom stereocenters. The quantitative estimate of drug-likeness (QED) is 0.659. The molecule has 0 amide bonds. The van der Waals surface area contributed by atoms with E-state index >= 15 is 0 Å². The number of carbonyl (C=O) groups is 1. The lowest BCUT2D eigenvalue weighted by atomic mass is 10.1. The smallest absolute Gasteiger partial charge is 0.340 e. The molecule has 2 rings (SSSR count). The van der Waals surface area contributed by atoms with E-state index in [1.165, 1.54) is 0 Å². The van der Waals surface area contributed by atoms with Crippen LogP contribution in [0, 0.1) is 0 Å². The summed E-state index contributed by atoms with van der Waals surface area (Å²) in [6, 6.07) is 5.42. The number of likely N-dealkylation sites (N-methyl/N-ethyl adjacent to an activating group) is 1. The molecule has 1 atom stereocenters. The van der Waals surface area contributed by atoms with Crippen molar-refractivity contribution in [3.8, 4) is 0 Å². The Balaban J connectivity index is 2.14. The number of esters is 1. The lowest BCUT2D eigenvalue weighted by molar-refractivity contribution is 0.0527. The van der Waals surface area contributed by atoms with Gasteiger partial charge in [-0.05, 0) is 31.9 Å². The highest BCUT2D eigenvalue weighted by atomic mass is 16.5. The van der Waals surface area contributed by atoms with Crippen molar-refractivity contribution < 1.29 is 14.3 Å². The minimum atomic E-state index is -0.377. The Morgan fingerprint density at radius 3 is 3.00 bits per heavy atom. The molecule has 5 heteroatoms. The van der Waals surface area contributed by atoms with Gasteiger partial charge in [-0.2, -0.15) is 0 Å². The molecule has 1 saturated heterocycles. The Bertz CT molecular complexity index is 470. The Morgan fingerprint density at radius 2 is 2.35 bits per heavy atom. The van der Waals surface area contributed by atoms with Crippen molar-refractivity contribution >= 4 is 17.3 Å². The lowest BCUT2D eigenvalue weighted by Crippen LogP contribution is -2.29. The third kappa shape index (κ3) is 3.22. The summed E-state index contributed by atoms with van der Waals surface area (Å²) in [5, 5.41) is 0. The van der Waals surface area contributed by atoms with Crippen LogP contribution in [0.4, 0.5) is 11.4 Å². The molecular formula is C15H22N2O3. The molecule has 0 bridgehead atoms. The topological polar surface area (TPSA) is 64.8 Å². The normalized spacial score (nSPS) is 18.0. The van der Waals surface area contributed by atoms with Crippen LogP contribution in [0.3, 0.4) is 0 Å². The third-order valence-electron chi connectivity index (χ3n) is 3.49. The minimum Gasteiger partial charge on any atom is -0.462 e. The van der Waals surface area contributed by atoms with Gasteiger partial charge in [-0.1, -0.05) is 6.07 Å². The predicted octanol–water partition coefficient (Wildman–Crippen LogP) is 2.06. The zero-order chi connectivity index (χ0) is 14.5. The average molecular weight is 278 g/mol. The molecule has 1 heterocycles. The molecule has 1 aliphatic rings. The van der Waals surface area contributed by atoms with Crippen LogP contribution >= 0.6 is 0 Å². The van der Waals surface area contributed by atoms with Crippen LogP contribution in [0.1, 0.15) is 30.1 Å². The van der Waals surface area contributed by atoms with E-state index in [1.807, 2.05) is 24.1 Å². The van der Waals surface area contributed by atoms with Gasteiger partial charge in [0.2, 0.25) is 0 Å². The van der Waals surface area contributed by atoms with Crippen LogP contribution in [0.25, 0.3) is 0 Å². The summed E-state index contributed by atoms with van der Waals surface area (Å²) in [5.74, 6) is -0.377. The Hall–Kier alpha value is -1.75. The van der Waals surface area contributed by atoms with Crippen LogP contribution in [0.2, 0.25) is 0 Å². The fourth-order valence-corrected chi connectivity index (χ4v) is 2.46. The highest BCUT2D eigenvalue weighted by molar-refractivity contribution is 5.98. The van der Waals surface area contributed by atoms with Crippen molar-refractivity contribution in [2.45, 2.75) is 25.9 Å². The molecule has 20 heavy (non-hydrogen) atoms. The highest BCUT2D eigenvalue weighted by Gasteiger charge is 2.20. The maximum Gasteiger partial charge on any atom is 0.340 e. The fraction of sp³-hybridized carbons (Fsp3) is 0.533. The minimum absolute atomic E-state index is 0.241. The standard InChI is InChI=1S/C15H22N2O3/c1-3-19-15(18)12-7-4-8-13(14(12)16)17(2)10-11-6-5-9-20-11/h4,7-8,11H,3,5-6,9-10,16H2,1-2H3. The zero-order valence-corrected chi connectivity index (χ0v) is 12.1. The number of nitrogens with zero attached hydrogens (tertiary/aromatic N) is 1. The van der Waals surface area contributed by atoms with Gasteiger partial charge in [0.05, 0.1) is 29.6 Å². The van der Waals surface area contributed by atoms with Gasteiger partial charge in [0.25, 0.3) is 0 Å². The number of benzene rings is 1. The molecule has 0 radical (unpaired) electrons. The van der Waals surface area contributed by atoms with Gasteiger partial charge in [-0.15, -0.1) is 0 Å². The van der Waals surface area contributed by atoms with Crippen LogP contribution in [0.15, 0.2) is 18.2 Å². The summed E-state index contributed by atoms with van der Waals surface area (Å²) in [4.78, 5) is 13.9. The maximum atomic E-state index is 11.8. The summed E-state index contributed by atoms with van der Waals surface area (Å²) >= 11 is 0. The first-order chi connectivity index (χ1) is 9.63. The molecule has 5 nitrogen and oxygen atoms in total. The number of hydrogen-bond donors (Lipinski definition) is 1. The lowest BCUT2D eigenvalue weighted by Gasteiger charge is -2.24.